The number of ether oxygens (including phenoxy) is 2. The molecule has 0 aromatic heterocycles. The van der Waals surface area contributed by atoms with Crippen LogP contribution in [-0.4, -0.2) is 33.8 Å². The van der Waals surface area contributed by atoms with Crippen LogP contribution in [0.5, 0.6) is 11.5 Å². The molecule has 0 saturated carbocycles. The van der Waals surface area contributed by atoms with Gasteiger partial charge >= 0.3 is 0 Å². The molecule has 9 heteroatoms. The summed E-state index contributed by atoms with van der Waals surface area (Å²) in [6.45, 7) is 8.40. The van der Waals surface area contributed by atoms with E-state index in [1.54, 1.807) is 38.1 Å². The van der Waals surface area contributed by atoms with Gasteiger partial charge in [-0.05, 0) is 56.0 Å². The quantitative estimate of drug-likeness (QED) is 0.480. The molecule has 0 atom stereocenters. The Morgan fingerprint density at radius 2 is 1.71 bits per heavy atom. The molecule has 170 valence electrons. The highest BCUT2D eigenvalue weighted by Gasteiger charge is 2.18. The van der Waals surface area contributed by atoms with E-state index in [0.29, 0.717) is 30.4 Å². The van der Waals surface area contributed by atoms with Crippen molar-refractivity contribution in [3.63, 3.8) is 0 Å². The highest BCUT2D eigenvalue weighted by molar-refractivity contribution is 7.98. The molecule has 0 radical (unpaired) electrons. The van der Waals surface area contributed by atoms with Gasteiger partial charge in [0.1, 0.15) is 0 Å². The molecule has 2 aromatic carbocycles. The number of rotatable bonds is 11. The molecule has 7 nitrogen and oxygen atoms in total. The first-order chi connectivity index (χ1) is 14.7. The minimum Gasteiger partial charge on any atom is -0.490 e. The van der Waals surface area contributed by atoms with Gasteiger partial charge < -0.3 is 14.8 Å². The summed E-state index contributed by atoms with van der Waals surface area (Å²) in [5.74, 6) is 0.807. The predicted octanol–water partition coefficient (Wildman–Crippen LogP) is 4.28. The number of carbonyl (C=O) groups excluding carboxylic acids is 1. The number of sulfonamides is 1. The highest BCUT2D eigenvalue weighted by atomic mass is 32.2. The van der Waals surface area contributed by atoms with E-state index in [2.05, 4.69) is 10.0 Å². The molecule has 2 rings (SSSR count). The molecule has 0 aliphatic carbocycles. The lowest BCUT2D eigenvalue weighted by molar-refractivity contribution is -0.118. The van der Waals surface area contributed by atoms with E-state index < -0.39 is 10.0 Å². The minimum absolute atomic E-state index is 0.0836. The predicted molar refractivity (Wildman–Crippen MR) is 124 cm³/mol. The number of amides is 1. The van der Waals surface area contributed by atoms with Crippen molar-refractivity contribution in [3.8, 4) is 11.5 Å². The Morgan fingerprint density at radius 3 is 2.32 bits per heavy atom. The fourth-order valence-corrected chi connectivity index (χ4v) is 4.27. The molecule has 0 spiro atoms. The van der Waals surface area contributed by atoms with Gasteiger partial charge in [-0.25, -0.2) is 13.1 Å². The molecule has 2 N–H and O–H groups in total. The number of hydrogen-bond acceptors (Lipinski definition) is 6. The minimum atomic E-state index is -3.79. The number of thioether (sulfide) groups is 1. The van der Waals surface area contributed by atoms with E-state index in [1.165, 1.54) is 23.9 Å². The number of carbonyl (C=O) groups is 1. The fourth-order valence-electron chi connectivity index (χ4n) is 2.70. The van der Waals surface area contributed by atoms with Crippen molar-refractivity contribution in [2.75, 3.05) is 24.8 Å². The summed E-state index contributed by atoms with van der Waals surface area (Å²) >= 11 is 1.43. The van der Waals surface area contributed by atoms with Gasteiger partial charge in [0.2, 0.25) is 15.9 Å². The van der Waals surface area contributed by atoms with Gasteiger partial charge in [0, 0.05) is 17.4 Å². The Labute approximate surface area is 189 Å². The Bertz CT molecular complexity index is 1010. The van der Waals surface area contributed by atoms with E-state index in [-0.39, 0.29) is 23.3 Å². The molecule has 0 unspecified atom stereocenters. The standard InChI is InChI=1S/C22H30N2O5S2/c1-6-28-19-10-8-16(12-20(19)29-7-2)14-23-31(26,27)17-9-11-21(30-5)18(13-17)24-22(25)15(3)4/h8-13,15,23H,6-7,14H2,1-5H3,(H,24,25). The normalized spacial score (nSPS) is 11.4. The topological polar surface area (TPSA) is 93.7 Å². The molecular formula is C22H30N2O5S2. The molecule has 0 aliphatic rings. The van der Waals surface area contributed by atoms with Crippen LogP contribution in [0.3, 0.4) is 0 Å². The number of hydrogen-bond donors (Lipinski definition) is 2. The van der Waals surface area contributed by atoms with Gasteiger partial charge in [0.25, 0.3) is 0 Å². The third-order valence-electron chi connectivity index (χ3n) is 4.34. The Morgan fingerprint density at radius 1 is 1.03 bits per heavy atom. The van der Waals surface area contributed by atoms with Crippen molar-refractivity contribution >= 4 is 33.4 Å². The molecule has 0 fully saturated rings. The highest BCUT2D eigenvalue weighted by Crippen LogP contribution is 2.30. The van der Waals surface area contributed by atoms with E-state index >= 15 is 0 Å². The van der Waals surface area contributed by atoms with Crippen molar-refractivity contribution < 1.29 is 22.7 Å². The first-order valence-electron chi connectivity index (χ1n) is 10.1. The smallest absolute Gasteiger partial charge is 0.240 e. The maximum atomic E-state index is 12.9. The zero-order valence-electron chi connectivity index (χ0n) is 18.5. The van der Waals surface area contributed by atoms with E-state index in [9.17, 15) is 13.2 Å². The Kier molecular flexibility index (Phi) is 9.21. The average molecular weight is 467 g/mol. The van der Waals surface area contributed by atoms with Crippen LogP contribution in [0.1, 0.15) is 33.3 Å². The lowest BCUT2D eigenvalue weighted by Gasteiger charge is -2.15. The van der Waals surface area contributed by atoms with Crippen molar-refractivity contribution in [1.82, 2.24) is 4.72 Å². The van der Waals surface area contributed by atoms with Crippen LogP contribution in [0.15, 0.2) is 46.2 Å². The Hall–Kier alpha value is -2.23. The molecule has 0 saturated heterocycles. The monoisotopic (exact) mass is 466 g/mol. The lowest BCUT2D eigenvalue weighted by Crippen LogP contribution is -2.24. The number of nitrogens with one attached hydrogen (secondary N) is 2. The largest absolute Gasteiger partial charge is 0.490 e. The second-order valence-corrected chi connectivity index (χ2v) is 9.59. The summed E-state index contributed by atoms with van der Waals surface area (Å²) in [5.41, 5.74) is 1.22. The van der Waals surface area contributed by atoms with Gasteiger partial charge in [0.05, 0.1) is 23.8 Å². The first-order valence-corrected chi connectivity index (χ1v) is 12.8. The number of anilines is 1. The molecule has 0 heterocycles. The van der Waals surface area contributed by atoms with Crippen LogP contribution in [0.2, 0.25) is 0 Å². The van der Waals surface area contributed by atoms with E-state index in [1.807, 2.05) is 20.1 Å². The van der Waals surface area contributed by atoms with Gasteiger partial charge in [-0.3, -0.25) is 4.79 Å². The molecule has 31 heavy (non-hydrogen) atoms. The average Bonchev–Trinajstić information content (AvgIpc) is 2.74. The molecule has 0 bridgehead atoms. The Balaban J connectivity index is 2.22. The molecule has 2 aromatic rings. The second-order valence-electron chi connectivity index (χ2n) is 6.98. The van der Waals surface area contributed by atoms with Crippen LogP contribution in [0.25, 0.3) is 0 Å². The van der Waals surface area contributed by atoms with E-state index in [0.717, 1.165) is 10.5 Å². The van der Waals surface area contributed by atoms with Crippen molar-refractivity contribution in [2.24, 2.45) is 5.92 Å². The van der Waals surface area contributed by atoms with Crippen LogP contribution >= 0.6 is 11.8 Å². The van der Waals surface area contributed by atoms with Gasteiger partial charge in [-0.2, -0.15) is 0 Å². The maximum Gasteiger partial charge on any atom is 0.240 e. The van der Waals surface area contributed by atoms with E-state index in [4.69, 9.17) is 9.47 Å². The van der Waals surface area contributed by atoms with Crippen LogP contribution < -0.4 is 19.5 Å². The molecular weight excluding hydrogens is 436 g/mol. The SMILES string of the molecule is CCOc1ccc(CNS(=O)(=O)c2ccc(SC)c(NC(=O)C(C)C)c2)cc1OCC. The fraction of sp³-hybridized carbons (Fsp3) is 0.409. The van der Waals surface area contributed by atoms with Crippen LogP contribution in [-0.2, 0) is 21.4 Å². The second kappa shape index (κ2) is 11.4. The van der Waals surface area contributed by atoms with Crippen molar-refractivity contribution in [3.05, 3.63) is 42.0 Å². The molecule has 1 amide bonds. The first kappa shape index (κ1) is 25.0. The summed E-state index contributed by atoms with van der Waals surface area (Å²) in [4.78, 5) is 13.0. The third kappa shape index (κ3) is 6.88. The summed E-state index contributed by atoms with van der Waals surface area (Å²) in [7, 11) is -3.79. The van der Waals surface area contributed by atoms with Crippen molar-refractivity contribution in [2.45, 2.75) is 44.0 Å². The maximum absolute atomic E-state index is 12.9. The zero-order chi connectivity index (χ0) is 23.0. The lowest BCUT2D eigenvalue weighted by atomic mass is 10.2. The van der Waals surface area contributed by atoms with Crippen LogP contribution in [0, 0.1) is 5.92 Å². The van der Waals surface area contributed by atoms with Gasteiger partial charge in [-0.1, -0.05) is 19.9 Å². The number of benzene rings is 2. The van der Waals surface area contributed by atoms with Gasteiger partial charge in [0.15, 0.2) is 11.5 Å². The third-order valence-corrected chi connectivity index (χ3v) is 6.53. The summed E-state index contributed by atoms with van der Waals surface area (Å²) < 4.78 is 39.5. The van der Waals surface area contributed by atoms with Gasteiger partial charge in [-0.15, -0.1) is 11.8 Å². The zero-order valence-corrected chi connectivity index (χ0v) is 20.2. The summed E-state index contributed by atoms with van der Waals surface area (Å²) in [5, 5.41) is 2.80. The van der Waals surface area contributed by atoms with Crippen molar-refractivity contribution in [1.29, 1.82) is 0 Å². The van der Waals surface area contributed by atoms with Crippen LogP contribution in [0.4, 0.5) is 5.69 Å². The summed E-state index contributed by atoms with van der Waals surface area (Å²) in [6, 6.07) is 10.0. The summed E-state index contributed by atoms with van der Waals surface area (Å²) in [6.07, 6.45) is 1.87. The molecule has 0 aliphatic heterocycles.